The van der Waals surface area contributed by atoms with E-state index < -0.39 is 0 Å². The zero-order chi connectivity index (χ0) is 18.2. The molecule has 25 heavy (non-hydrogen) atoms. The highest BCUT2D eigenvalue weighted by Gasteiger charge is 2.45. The number of carbonyl (C=O) groups excluding carboxylic acids is 2. The Morgan fingerprint density at radius 3 is 2.60 bits per heavy atom. The normalized spacial score (nSPS) is 21.2. The lowest BCUT2D eigenvalue weighted by Gasteiger charge is -2.39. The first-order valence-corrected chi connectivity index (χ1v) is 10.1. The van der Waals surface area contributed by atoms with Gasteiger partial charge in [0.15, 0.2) is 0 Å². The minimum Gasteiger partial charge on any atom is -0.361 e. The fourth-order valence-corrected chi connectivity index (χ4v) is 4.29. The van der Waals surface area contributed by atoms with Gasteiger partial charge < -0.3 is 14.3 Å². The Bertz CT molecular complexity index is 645. The third kappa shape index (κ3) is 3.57. The first-order valence-electron chi connectivity index (χ1n) is 8.86. The van der Waals surface area contributed by atoms with Crippen LogP contribution >= 0.6 is 11.8 Å². The van der Waals surface area contributed by atoms with Crippen molar-refractivity contribution in [1.29, 1.82) is 0 Å². The molecule has 0 unspecified atom stereocenters. The number of aromatic nitrogens is 1. The fraction of sp³-hybridized carbons (Fsp3) is 0.722. The van der Waals surface area contributed by atoms with Gasteiger partial charge in [0.05, 0.1) is 17.5 Å². The number of amides is 2. The Kier molecular flexibility index (Phi) is 5.14. The molecule has 0 saturated carbocycles. The van der Waals surface area contributed by atoms with Crippen molar-refractivity contribution in [2.75, 3.05) is 25.9 Å². The minimum atomic E-state index is 0.00954. The number of thioether (sulfide) groups is 1. The molecule has 0 radical (unpaired) electrons. The lowest BCUT2D eigenvalue weighted by Crippen LogP contribution is -2.46. The van der Waals surface area contributed by atoms with Gasteiger partial charge in [-0.05, 0) is 39.9 Å². The predicted molar refractivity (Wildman–Crippen MR) is 97.2 cm³/mol. The van der Waals surface area contributed by atoms with E-state index in [0.717, 1.165) is 49.5 Å². The molecular weight excluding hydrogens is 338 g/mol. The van der Waals surface area contributed by atoms with Crippen LogP contribution in [0.4, 0.5) is 0 Å². The van der Waals surface area contributed by atoms with Crippen LogP contribution in [-0.4, -0.2) is 57.9 Å². The zero-order valence-electron chi connectivity index (χ0n) is 15.5. The number of rotatable bonds is 4. The van der Waals surface area contributed by atoms with Crippen LogP contribution in [0.3, 0.4) is 0 Å². The lowest BCUT2D eigenvalue weighted by atomic mass is 9.77. The minimum absolute atomic E-state index is 0.00954. The summed E-state index contributed by atoms with van der Waals surface area (Å²) in [6.45, 7) is 8.64. The molecule has 1 atom stereocenters. The number of likely N-dealkylation sites (tertiary alicyclic amines) is 2. The van der Waals surface area contributed by atoms with Crippen molar-refractivity contribution < 1.29 is 14.1 Å². The molecule has 2 amide bonds. The molecule has 0 N–H and O–H groups in total. The number of piperidine rings is 1. The summed E-state index contributed by atoms with van der Waals surface area (Å²) in [5.41, 5.74) is 1.90. The Labute approximate surface area is 153 Å². The average Bonchev–Trinajstić information content (AvgIpc) is 3.08. The van der Waals surface area contributed by atoms with E-state index in [-0.39, 0.29) is 22.5 Å². The summed E-state index contributed by atoms with van der Waals surface area (Å²) in [5.74, 6) is 1.22. The molecule has 3 heterocycles. The first-order chi connectivity index (χ1) is 11.8. The molecule has 2 fully saturated rings. The van der Waals surface area contributed by atoms with Crippen LogP contribution in [0.2, 0.25) is 0 Å². The lowest BCUT2D eigenvalue weighted by molar-refractivity contribution is -0.132. The van der Waals surface area contributed by atoms with Crippen molar-refractivity contribution in [2.24, 2.45) is 5.41 Å². The molecular formula is C18H27N3O3S. The third-order valence-electron chi connectivity index (χ3n) is 5.77. The van der Waals surface area contributed by atoms with Crippen LogP contribution in [0.1, 0.15) is 43.2 Å². The molecule has 2 aliphatic rings. The van der Waals surface area contributed by atoms with Crippen molar-refractivity contribution in [3.05, 3.63) is 17.0 Å². The van der Waals surface area contributed by atoms with E-state index >= 15 is 0 Å². The van der Waals surface area contributed by atoms with Gasteiger partial charge in [-0.2, -0.15) is 11.8 Å². The zero-order valence-corrected chi connectivity index (χ0v) is 16.3. The van der Waals surface area contributed by atoms with Crippen molar-refractivity contribution in [2.45, 2.75) is 51.8 Å². The molecule has 1 aromatic rings. The Hall–Kier alpha value is -1.50. The number of hydrogen-bond acceptors (Lipinski definition) is 5. The van der Waals surface area contributed by atoms with Crippen molar-refractivity contribution in [3.63, 3.8) is 0 Å². The highest BCUT2D eigenvalue weighted by Crippen LogP contribution is 2.42. The van der Waals surface area contributed by atoms with Crippen LogP contribution < -0.4 is 0 Å². The molecule has 2 aliphatic heterocycles. The van der Waals surface area contributed by atoms with Gasteiger partial charge in [0.1, 0.15) is 5.76 Å². The SMILES string of the molecule is CS[C@@H](C)C(=O)N1CCC2(CC1)CC(=O)N(Cc1c(C)noc1C)C2. The maximum absolute atomic E-state index is 12.6. The van der Waals surface area contributed by atoms with Gasteiger partial charge in [0.25, 0.3) is 0 Å². The van der Waals surface area contributed by atoms with Crippen LogP contribution in [-0.2, 0) is 16.1 Å². The predicted octanol–water partition coefficient (Wildman–Crippen LogP) is 2.38. The highest BCUT2D eigenvalue weighted by molar-refractivity contribution is 7.99. The highest BCUT2D eigenvalue weighted by atomic mass is 32.2. The average molecular weight is 365 g/mol. The van der Waals surface area contributed by atoms with E-state index in [4.69, 9.17) is 4.52 Å². The summed E-state index contributed by atoms with van der Waals surface area (Å²) >= 11 is 1.59. The van der Waals surface area contributed by atoms with Crippen molar-refractivity contribution in [3.8, 4) is 0 Å². The van der Waals surface area contributed by atoms with Gasteiger partial charge in [-0.1, -0.05) is 5.16 Å². The van der Waals surface area contributed by atoms with Gasteiger partial charge >= 0.3 is 0 Å². The van der Waals surface area contributed by atoms with E-state index in [1.54, 1.807) is 11.8 Å². The van der Waals surface area contributed by atoms with Gasteiger partial charge in [-0.15, -0.1) is 0 Å². The van der Waals surface area contributed by atoms with E-state index in [1.807, 2.05) is 36.8 Å². The molecule has 1 spiro atoms. The second-order valence-corrected chi connectivity index (χ2v) is 8.61. The summed E-state index contributed by atoms with van der Waals surface area (Å²) in [6.07, 6.45) is 4.38. The van der Waals surface area contributed by atoms with E-state index in [9.17, 15) is 9.59 Å². The number of aryl methyl sites for hydroxylation is 2. The quantitative estimate of drug-likeness (QED) is 0.820. The molecule has 0 aliphatic carbocycles. The van der Waals surface area contributed by atoms with E-state index in [2.05, 4.69) is 5.16 Å². The number of carbonyl (C=O) groups is 2. The first kappa shape index (κ1) is 18.3. The van der Waals surface area contributed by atoms with Crippen molar-refractivity contribution in [1.82, 2.24) is 15.0 Å². The number of hydrogen-bond donors (Lipinski definition) is 0. The summed E-state index contributed by atoms with van der Waals surface area (Å²) in [5, 5.41) is 3.99. The second-order valence-electron chi connectivity index (χ2n) is 7.43. The molecule has 6 nitrogen and oxygen atoms in total. The standard InChI is InChI=1S/C18H27N3O3S/c1-12-15(13(2)24-19-12)10-21-11-18(9-16(21)22)5-7-20(8-6-18)17(23)14(3)25-4/h14H,5-11H2,1-4H3/t14-/m0/s1. The van der Waals surface area contributed by atoms with Crippen LogP contribution in [0.25, 0.3) is 0 Å². The topological polar surface area (TPSA) is 66.7 Å². The van der Waals surface area contributed by atoms with E-state index in [1.165, 1.54) is 0 Å². The molecule has 2 saturated heterocycles. The van der Waals surface area contributed by atoms with Gasteiger partial charge in [-0.3, -0.25) is 9.59 Å². The molecule has 7 heteroatoms. The largest absolute Gasteiger partial charge is 0.361 e. The Morgan fingerprint density at radius 1 is 1.36 bits per heavy atom. The smallest absolute Gasteiger partial charge is 0.235 e. The molecule has 3 rings (SSSR count). The Balaban J connectivity index is 1.62. The maximum atomic E-state index is 12.6. The van der Waals surface area contributed by atoms with Crippen molar-refractivity contribution >= 4 is 23.6 Å². The maximum Gasteiger partial charge on any atom is 0.235 e. The van der Waals surface area contributed by atoms with Gasteiger partial charge in [-0.25, -0.2) is 0 Å². The summed E-state index contributed by atoms with van der Waals surface area (Å²) < 4.78 is 5.22. The fourth-order valence-electron chi connectivity index (χ4n) is 3.94. The van der Waals surface area contributed by atoms with Gasteiger partial charge in [0, 0.05) is 37.0 Å². The molecule has 1 aromatic heterocycles. The molecule has 0 aromatic carbocycles. The monoisotopic (exact) mass is 365 g/mol. The van der Waals surface area contributed by atoms with Crippen LogP contribution in [0.15, 0.2) is 4.52 Å². The van der Waals surface area contributed by atoms with Gasteiger partial charge in [0.2, 0.25) is 11.8 Å². The number of nitrogens with zero attached hydrogens (tertiary/aromatic N) is 3. The molecule has 138 valence electrons. The van der Waals surface area contributed by atoms with Crippen LogP contribution in [0.5, 0.6) is 0 Å². The summed E-state index contributed by atoms with van der Waals surface area (Å²) in [6, 6.07) is 0. The summed E-state index contributed by atoms with van der Waals surface area (Å²) in [4.78, 5) is 28.8. The summed E-state index contributed by atoms with van der Waals surface area (Å²) in [7, 11) is 0. The third-order valence-corrected chi connectivity index (χ3v) is 6.68. The Morgan fingerprint density at radius 2 is 2.04 bits per heavy atom. The molecule has 0 bridgehead atoms. The second kappa shape index (κ2) is 7.02. The van der Waals surface area contributed by atoms with E-state index in [0.29, 0.717) is 13.0 Å². The van der Waals surface area contributed by atoms with Crippen LogP contribution in [0, 0.1) is 19.3 Å².